The number of anilines is 1. The van der Waals surface area contributed by atoms with Crippen molar-refractivity contribution >= 4 is 28.1 Å². The van der Waals surface area contributed by atoms with E-state index in [4.69, 9.17) is 11.6 Å². The lowest BCUT2D eigenvalue weighted by molar-refractivity contribution is -0.384. The Labute approximate surface area is 114 Å². The van der Waals surface area contributed by atoms with Crippen molar-refractivity contribution in [2.45, 2.75) is 0 Å². The van der Waals surface area contributed by atoms with Gasteiger partial charge in [-0.1, -0.05) is 41.9 Å². The van der Waals surface area contributed by atoms with Crippen molar-refractivity contribution < 1.29 is 4.92 Å². The molecule has 0 bridgehead atoms. The Balaban J connectivity index is 2.17. The zero-order valence-corrected chi connectivity index (χ0v) is 10.5. The molecule has 6 heteroatoms. The first kappa shape index (κ1) is 13.0. The summed E-state index contributed by atoms with van der Waals surface area (Å²) in [6.45, 7) is 0. The highest BCUT2D eigenvalue weighted by atomic mass is 35.5. The standard InChI is InChI=1S/C13H10ClN3O2/c14-13(16-15-11-6-2-1-3-7-11)10-5-4-8-12(9-10)17(18)19/h1-9,15H. The summed E-state index contributed by atoms with van der Waals surface area (Å²) in [5.41, 5.74) is 4.02. The molecule has 0 fully saturated rings. The molecule has 0 heterocycles. The third-order valence-electron chi connectivity index (χ3n) is 2.35. The van der Waals surface area contributed by atoms with E-state index in [2.05, 4.69) is 10.5 Å². The molecule has 0 amide bonds. The van der Waals surface area contributed by atoms with E-state index >= 15 is 0 Å². The zero-order valence-electron chi connectivity index (χ0n) is 9.79. The molecule has 5 nitrogen and oxygen atoms in total. The second kappa shape index (κ2) is 5.97. The molecule has 2 rings (SSSR count). The quantitative estimate of drug-likeness (QED) is 0.526. The highest BCUT2D eigenvalue weighted by molar-refractivity contribution is 6.69. The Morgan fingerprint density at radius 3 is 2.58 bits per heavy atom. The molecule has 0 unspecified atom stereocenters. The molecular formula is C13H10ClN3O2. The number of para-hydroxylation sites is 1. The van der Waals surface area contributed by atoms with Gasteiger partial charge in [0.15, 0.2) is 5.17 Å². The summed E-state index contributed by atoms with van der Waals surface area (Å²) in [5, 5.41) is 14.8. The predicted octanol–water partition coefficient (Wildman–Crippen LogP) is 3.61. The van der Waals surface area contributed by atoms with Gasteiger partial charge >= 0.3 is 0 Å². The second-order valence-corrected chi connectivity index (χ2v) is 4.05. The number of nitrogens with one attached hydrogen (secondary N) is 1. The van der Waals surface area contributed by atoms with Gasteiger partial charge in [0.05, 0.1) is 10.6 Å². The normalized spacial score (nSPS) is 11.1. The molecular weight excluding hydrogens is 266 g/mol. The van der Waals surface area contributed by atoms with Gasteiger partial charge in [0, 0.05) is 17.7 Å². The third kappa shape index (κ3) is 3.53. The van der Waals surface area contributed by atoms with E-state index in [0.717, 1.165) is 5.69 Å². The fourth-order valence-electron chi connectivity index (χ4n) is 1.44. The van der Waals surface area contributed by atoms with E-state index in [1.165, 1.54) is 12.1 Å². The van der Waals surface area contributed by atoms with E-state index in [9.17, 15) is 10.1 Å². The summed E-state index contributed by atoms with van der Waals surface area (Å²) >= 11 is 6.00. The molecule has 0 aliphatic heterocycles. The van der Waals surface area contributed by atoms with Gasteiger partial charge in [0.25, 0.3) is 5.69 Å². The van der Waals surface area contributed by atoms with Gasteiger partial charge in [-0.2, -0.15) is 5.10 Å². The van der Waals surface area contributed by atoms with E-state index in [0.29, 0.717) is 5.56 Å². The van der Waals surface area contributed by atoms with Crippen molar-refractivity contribution in [2.24, 2.45) is 5.10 Å². The van der Waals surface area contributed by atoms with Crippen LogP contribution in [0.1, 0.15) is 5.56 Å². The molecule has 0 aromatic heterocycles. The maximum absolute atomic E-state index is 10.7. The van der Waals surface area contributed by atoms with E-state index < -0.39 is 4.92 Å². The summed E-state index contributed by atoms with van der Waals surface area (Å²) in [7, 11) is 0. The molecule has 0 aliphatic carbocycles. The average molecular weight is 276 g/mol. The molecule has 0 radical (unpaired) electrons. The first-order valence-corrected chi connectivity index (χ1v) is 5.83. The number of hydrazone groups is 1. The SMILES string of the molecule is O=[N+]([O-])c1cccc(C(Cl)=NNc2ccccc2)c1. The summed E-state index contributed by atoms with van der Waals surface area (Å²) in [4.78, 5) is 10.2. The van der Waals surface area contributed by atoms with Crippen LogP contribution in [0.25, 0.3) is 0 Å². The lowest BCUT2D eigenvalue weighted by Crippen LogP contribution is -1.98. The maximum atomic E-state index is 10.7. The second-order valence-electron chi connectivity index (χ2n) is 3.69. The lowest BCUT2D eigenvalue weighted by Gasteiger charge is -2.01. The van der Waals surface area contributed by atoms with Crippen LogP contribution in [-0.2, 0) is 0 Å². The Morgan fingerprint density at radius 1 is 1.16 bits per heavy atom. The summed E-state index contributed by atoms with van der Waals surface area (Å²) in [6, 6.07) is 15.3. The van der Waals surface area contributed by atoms with Gasteiger partial charge in [0.1, 0.15) is 0 Å². The summed E-state index contributed by atoms with van der Waals surface area (Å²) < 4.78 is 0. The molecule has 2 aromatic carbocycles. The first-order chi connectivity index (χ1) is 9.16. The minimum Gasteiger partial charge on any atom is -0.277 e. The number of nitrogens with zero attached hydrogens (tertiary/aromatic N) is 2. The minimum absolute atomic E-state index is 0.0226. The van der Waals surface area contributed by atoms with Gasteiger partial charge in [-0.15, -0.1) is 0 Å². The van der Waals surface area contributed by atoms with Gasteiger partial charge in [-0.25, -0.2) is 0 Å². The number of hydrogen-bond donors (Lipinski definition) is 1. The van der Waals surface area contributed by atoms with Crippen LogP contribution >= 0.6 is 11.6 Å². The summed E-state index contributed by atoms with van der Waals surface area (Å²) in [5.74, 6) is 0. The highest BCUT2D eigenvalue weighted by Crippen LogP contribution is 2.15. The fourth-order valence-corrected chi connectivity index (χ4v) is 1.60. The van der Waals surface area contributed by atoms with Crippen molar-refractivity contribution in [1.29, 1.82) is 0 Å². The van der Waals surface area contributed by atoms with Gasteiger partial charge < -0.3 is 0 Å². The van der Waals surface area contributed by atoms with Crippen molar-refractivity contribution in [3.05, 3.63) is 70.3 Å². The lowest BCUT2D eigenvalue weighted by atomic mass is 10.2. The largest absolute Gasteiger partial charge is 0.277 e. The molecule has 96 valence electrons. The maximum Gasteiger partial charge on any atom is 0.270 e. The van der Waals surface area contributed by atoms with Crippen LogP contribution in [0.5, 0.6) is 0 Å². The molecule has 0 aliphatic rings. The fraction of sp³-hybridized carbons (Fsp3) is 0. The topological polar surface area (TPSA) is 67.5 Å². The molecule has 2 aromatic rings. The number of nitro groups is 1. The van der Waals surface area contributed by atoms with Gasteiger partial charge in [-0.05, 0) is 12.1 Å². The number of rotatable bonds is 4. The van der Waals surface area contributed by atoms with Crippen LogP contribution in [0, 0.1) is 10.1 Å². The molecule has 0 spiro atoms. The third-order valence-corrected chi connectivity index (χ3v) is 2.65. The van der Waals surface area contributed by atoms with E-state index in [1.807, 2.05) is 30.3 Å². The van der Waals surface area contributed by atoms with Crippen molar-refractivity contribution in [1.82, 2.24) is 0 Å². The Kier molecular flexibility index (Phi) is 4.10. The Bertz CT molecular complexity index is 614. The first-order valence-electron chi connectivity index (χ1n) is 5.46. The van der Waals surface area contributed by atoms with Crippen molar-refractivity contribution in [2.75, 3.05) is 5.43 Å². The Hall–Kier alpha value is -2.40. The number of benzene rings is 2. The van der Waals surface area contributed by atoms with Gasteiger partial charge in [0.2, 0.25) is 0 Å². The van der Waals surface area contributed by atoms with Crippen LogP contribution in [-0.4, -0.2) is 10.1 Å². The molecule has 0 saturated carbocycles. The monoisotopic (exact) mass is 275 g/mol. The van der Waals surface area contributed by atoms with Crippen molar-refractivity contribution in [3.63, 3.8) is 0 Å². The molecule has 0 atom stereocenters. The zero-order chi connectivity index (χ0) is 13.7. The molecule has 1 N–H and O–H groups in total. The number of hydrogen-bond acceptors (Lipinski definition) is 4. The van der Waals surface area contributed by atoms with Crippen LogP contribution in [0.3, 0.4) is 0 Å². The van der Waals surface area contributed by atoms with E-state index in [1.54, 1.807) is 12.1 Å². The van der Waals surface area contributed by atoms with Crippen LogP contribution in [0.4, 0.5) is 11.4 Å². The highest BCUT2D eigenvalue weighted by Gasteiger charge is 2.08. The number of non-ortho nitro benzene ring substituents is 1. The summed E-state index contributed by atoms with van der Waals surface area (Å²) in [6.07, 6.45) is 0. The average Bonchev–Trinajstić information content (AvgIpc) is 2.46. The number of nitro benzene ring substituents is 1. The van der Waals surface area contributed by atoms with Crippen LogP contribution < -0.4 is 5.43 Å². The molecule has 0 saturated heterocycles. The number of halogens is 1. The van der Waals surface area contributed by atoms with Crippen LogP contribution in [0.15, 0.2) is 59.7 Å². The predicted molar refractivity (Wildman–Crippen MR) is 75.6 cm³/mol. The smallest absolute Gasteiger partial charge is 0.270 e. The minimum atomic E-state index is -0.474. The van der Waals surface area contributed by atoms with Crippen LogP contribution in [0.2, 0.25) is 0 Å². The van der Waals surface area contributed by atoms with Crippen molar-refractivity contribution in [3.8, 4) is 0 Å². The van der Waals surface area contributed by atoms with Gasteiger partial charge in [-0.3, -0.25) is 15.5 Å². The molecule has 19 heavy (non-hydrogen) atoms. The van der Waals surface area contributed by atoms with E-state index in [-0.39, 0.29) is 10.9 Å². The Morgan fingerprint density at radius 2 is 1.89 bits per heavy atom.